The number of benzene rings is 2. The number of aliphatic hydroxyl groups excluding tert-OH is 1. The molecule has 0 saturated carbocycles. The zero-order chi connectivity index (χ0) is 16.8. The van der Waals surface area contributed by atoms with Crippen LogP contribution in [0.3, 0.4) is 0 Å². The van der Waals surface area contributed by atoms with Gasteiger partial charge in [-0.25, -0.2) is 4.39 Å². The number of halogens is 1. The van der Waals surface area contributed by atoms with E-state index in [0.29, 0.717) is 12.1 Å². The van der Waals surface area contributed by atoms with Crippen LogP contribution >= 0.6 is 0 Å². The van der Waals surface area contributed by atoms with Gasteiger partial charge in [0.05, 0.1) is 12.5 Å². The van der Waals surface area contributed by atoms with Crippen LogP contribution in [0.2, 0.25) is 0 Å². The van der Waals surface area contributed by atoms with Crippen LogP contribution in [0, 0.1) is 5.82 Å². The normalized spacial score (nSPS) is 11.8. The molecule has 122 valence electrons. The minimum absolute atomic E-state index is 0.100. The first-order valence-corrected chi connectivity index (χ1v) is 7.42. The molecule has 5 heteroatoms. The van der Waals surface area contributed by atoms with Gasteiger partial charge in [0.1, 0.15) is 5.82 Å². The molecule has 0 aliphatic heterocycles. The van der Waals surface area contributed by atoms with E-state index in [2.05, 4.69) is 5.32 Å². The molecule has 23 heavy (non-hydrogen) atoms. The second kappa shape index (κ2) is 7.74. The van der Waals surface area contributed by atoms with Crippen LogP contribution in [-0.4, -0.2) is 25.1 Å². The molecule has 0 heterocycles. The number of rotatable bonds is 6. The molecular weight excluding hydrogens is 295 g/mol. The highest BCUT2D eigenvalue weighted by atomic mass is 19.1. The Labute approximate surface area is 135 Å². The van der Waals surface area contributed by atoms with E-state index in [9.17, 15) is 14.3 Å². The van der Waals surface area contributed by atoms with E-state index >= 15 is 0 Å². The number of amides is 1. The van der Waals surface area contributed by atoms with Crippen LogP contribution in [0.25, 0.3) is 0 Å². The van der Waals surface area contributed by atoms with E-state index in [1.807, 2.05) is 43.3 Å². The predicted octanol–water partition coefficient (Wildman–Crippen LogP) is 2.63. The highest BCUT2D eigenvalue weighted by Gasteiger charge is 2.13. The van der Waals surface area contributed by atoms with Gasteiger partial charge in [0.2, 0.25) is 5.91 Å². The van der Waals surface area contributed by atoms with Crippen molar-refractivity contribution in [1.29, 1.82) is 0 Å². The Hall–Kier alpha value is -2.40. The Morgan fingerprint density at radius 2 is 1.96 bits per heavy atom. The van der Waals surface area contributed by atoms with Crippen LogP contribution < -0.4 is 10.2 Å². The van der Waals surface area contributed by atoms with Gasteiger partial charge < -0.3 is 15.3 Å². The van der Waals surface area contributed by atoms with Gasteiger partial charge in [-0.3, -0.25) is 4.79 Å². The maximum Gasteiger partial charge on any atom is 0.223 e. The molecule has 4 nitrogen and oxygen atoms in total. The summed E-state index contributed by atoms with van der Waals surface area (Å²) in [5, 5.41) is 12.8. The van der Waals surface area contributed by atoms with E-state index in [1.165, 1.54) is 18.2 Å². The third-order valence-corrected chi connectivity index (χ3v) is 3.53. The monoisotopic (exact) mass is 316 g/mol. The number of hydrogen-bond acceptors (Lipinski definition) is 3. The van der Waals surface area contributed by atoms with Crippen molar-refractivity contribution in [2.45, 2.75) is 19.1 Å². The third kappa shape index (κ3) is 5.07. The van der Waals surface area contributed by atoms with Gasteiger partial charge in [-0.1, -0.05) is 24.3 Å². The molecule has 0 aromatic heterocycles. The van der Waals surface area contributed by atoms with Crippen molar-refractivity contribution in [3.05, 3.63) is 65.5 Å². The first-order valence-electron chi connectivity index (χ1n) is 7.42. The Morgan fingerprint density at radius 3 is 2.65 bits per heavy atom. The first kappa shape index (κ1) is 17.0. The number of anilines is 1. The largest absolute Gasteiger partial charge is 0.388 e. The second-order valence-electron chi connectivity index (χ2n) is 5.62. The molecule has 2 aromatic rings. The van der Waals surface area contributed by atoms with Gasteiger partial charge in [0, 0.05) is 26.3 Å². The summed E-state index contributed by atoms with van der Waals surface area (Å²) >= 11 is 0. The summed E-state index contributed by atoms with van der Waals surface area (Å²) in [4.78, 5) is 13.9. The maximum atomic E-state index is 13.1. The summed E-state index contributed by atoms with van der Waals surface area (Å²) in [5.41, 5.74) is 2.43. The summed E-state index contributed by atoms with van der Waals surface area (Å²) in [7, 11) is 3.90. The average molecular weight is 316 g/mol. The van der Waals surface area contributed by atoms with Crippen molar-refractivity contribution >= 4 is 11.6 Å². The third-order valence-electron chi connectivity index (χ3n) is 3.53. The van der Waals surface area contributed by atoms with E-state index in [-0.39, 0.29) is 12.3 Å². The maximum absolute atomic E-state index is 13.1. The molecule has 1 atom stereocenters. The molecule has 0 spiro atoms. The summed E-state index contributed by atoms with van der Waals surface area (Å²) in [5.74, 6) is -0.709. The number of nitrogens with one attached hydrogen (secondary N) is 1. The highest BCUT2D eigenvalue weighted by molar-refractivity contribution is 5.76. The van der Waals surface area contributed by atoms with Crippen LogP contribution in [-0.2, 0) is 11.3 Å². The number of carbonyl (C=O) groups is 1. The molecule has 0 aliphatic rings. The van der Waals surface area contributed by atoms with Crippen LogP contribution in [0.4, 0.5) is 10.1 Å². The Bertz CT molecular complexity index is 674. The topological polar surface area (TPSA) is 52.6 Å². The fourth-order valence-corrected chi connectivity index (χ4v) is 2.22. The van der Waals surface area contributed by atoms with Gasteiger partial charge in [-0.15, -0.1) is 0 Å². The lowest BCUT2D eigenvalue weighted by atomic mass is 10.1. The second-order valence-corrected chi connectivity index (χ2v) is 5.62. The minimum Gasteiger partial charge on any atom is -0.388 e. The number of hydrogen-bond donors (Lipinski definition) is 2. The van der Waals surface area contributed by atoms with Crippen molar-refractivity contribution in [1.82, 2.24) is 5.32 Å². The quantitative estimate of drug-likeness (QED) is 0.861. The van der Waals surface area contributed by atoms with Crippen molar-refractivity contribution in [2.24, 2.45) is 0 Å². The molecule has 0 aliphatic carbocycles. The van der Waals surface area contributed by atoms with E-state index < -0.39 is 11.9 Å². The standard InChI is InChI=1S/C18H21FN2O2/c1-21(2)16-8-3-5-13(9-16)12-20-18(23)11-17(22)14-6-4-7-15(19)10-14/h3-10,17,22H,11-12H2,1-2H3,(H,20,23). The van der Waals surface area contributed by atoms with Gasteiger partial charge in [0.15, 0.2) is 0 Å². The van der Waals surface area contributed by atoms with Gasteiger partial charge >= 0.3 is 0 Å². The number of aliphatic hydroxyl groups is 1. The Balaban J connectivity index is 1.89. The van der Waals surface area contributed by atoms with Gasteiger partial charge in [-0.2, -0.15) is 0 Å². The fourth-order valence-electron chi connectivity index (χ4n) is 2.22. The molecule has 2 N–H and O–H groups in total. The summed E-state index contributed by atoms with van der Waals surface area (Å²) in [6.45, 7) is 0.385. The summed E-state index contributed by atoms with van der Waals surface area (Å²) < 4.78 is 13.1. The molecule has 0 radical (unpaired) electrons. The van der Waals surface area contributed by atoms with E-state index in [0.717, 1.165) is 11.3 Å². The number of nitrogens with zero attached hydrogens (tertiary/aromatic N) is 1. The predicted molar refractivity (Wildman–Crippen MR) is 88.6 cm³/mol. The first-order chi connectivity index (χ1) is 11.0. The van der Waals surface area contributed by atoms with Crippen molar-refractivity contribution in [3.63, 3.8) is 0 Å². The zero-order valence-corrected chi connectivity index (χ0v) is 13.3. The summed E-state index contributed by atoms with van der Waals surface area (Å²) in [6.07, 6.45) is -1.12. The lowest BCUT2D eigenvalue weighted by Gasteiger charge is -2.14. The Morgan fingerprint density at radius 1 is 1.22 bits per heavy atom. The fraction of sp³-hybridized carbons (Fsp3) is 0.278. The molecule has 2 rings (SSSR count). The molecule has 2 aromatic carbocycles. The van der Waals surface area contributed by atoms with Crippen molar-refractivity contribution in [2.75, 3.05) is 19.0 Å². The van der Waals surface area contributed by atoms with E-state index in [1.54, 1.807) is 6.07 Å². The van der Waals surface area contributed by atoms with Crippen molar-refractivity contribution < 1.29 is 14.3 Å². The van der Waals surface area contributed by atoms with Gasteiger partial charge in [-0.05, 0) is 35.4 Å². The molecular formula is C18H21FN2O2. The number of carbonyl (C=O) groups excluding carboxylic acids is 1. The molecule has 0 bridgehead atoms. The lowest BCUT2D eigenvalue weighted by Crippen LogP contribution is -2.24. The van der Waals surface area contributed by atoms with Gasteiger partial charge in [0.25, 0.3) is 0 Å². The SMILES string of the molecule is CN(C)c1cccc(CNC(=O)CC(O)c2cccc(F)c2)c1. The van der Waals surface area contributed by atoms with Crippen LogP contribution in [0.15, 0.2) is 48.5 Å². The van der Waals surface area contributed by atoms with Crippen LogP contribution in [0.5, 0.6) is 0 Å². The van der Waals surface area contributed by atoms with Crippen molar-refractivity contribution in [3.8, 4) is 0 Å². The van der Waals surface area contributed by atoms with Crippen LogP contribution in [0.1, 0.15) is 23.7 Å². The smallest absolute Gasteiger partial charge is 0.223 e. The lowest BCUT2D eigenvalue weighted by molar-refractivity contribution is -0.123. The molecule has 1 unspecified atom stereocenters. The molecule has 0 fully saturated rings. The minimum atomic E-state index is -1.01. The average Bonchev–Trinajstić information content (AvgIpc) is 2.53. The zero-order valence-electron chi connectivity index (χ0n) is 13.3. The molecule has 0 saturated heterocycles. The molecule has 1 amide bonds. The highest BCUT2D eigenvalue weighted by Crippen LogP contribution is 2.17. The van der Waals surface area contributed by atoms with E-state index in [4.69, 9.17) is 0 Å². The Kier molecular flexibility index (Phi) is 5.71. The summed E-state index contributed by atoms with van der Waals surface area (Å²) in [6, 6.07) is 13.5.